The van der Waals surface area contributed by atoms with E-state index in [1.165, 1.54) is 11.3 Å². The van der Waals surface area contributed by atoms with Crippen LogP contribution in [0.5, 0.6) is 0 Å². The monoisotopic (exact) mass is 737 g/mol. The number of amides is 2. The van der Waals surface area contributed by atoms with Gasteiger partial charge in [0.05, 0.1) is 18.2 Å². The topological polar surface area (TPSA) is 253 Å². The number of rotatable bonds is 5. The summed E-state index contributed by atoms with van der Waals surface area (Å²) in [5.41, 5.74) is 7.02. The van der Waals surface area contributed by atoms with Gasteiger partial charge in [0.15, 0.2) is 11.6 Å². The maximum absolute atomic E-state index is 12.0. The van der Waals surface area contributed by atoms with E-state index in [9.17, 15) is 9.59 Å². The number of ether oxygens (including phenoxy) is 2. The van der Waals surface area contributed by atoms with Gasteiger partial charge in [0, 0.05) is 13.1 Å². The second kappa shape index (κ2) is 22.2. The number of tetrazole rings is 2. The normalized spacial score (nSPS) is 19.5. The number of halogens is 1. The number of likely N-dealkylation sites (tertiary alicyclic amines) is 2. The summed E-state index contributed by atoms with van der Waals surface area (Å²) in [4.78, 5) is 29.5. The molecule has 0 aromatic carbocycles. The van der Waals surface area contributed by atoms with Gasteiger partial charge in [-0.25, -0.2) is 13.7 Å². The minimum absolute atomic E-state index is 0. The molecule has 3 aliphatic heterocycles. The van der Waals surface area contributed by atoms with Gasteiger partial charge in [0.2, 0.25) is 0 Å². The number of nitrogens with zero attached hydrogens (tertiary/aromatic N) is 12. The van der Waals surface area contributed by atoms with Crippen molar-refractivity contribution in [3.63, 3.8) is 0 Å². The Morgan fingerprint density at radius 2 is 1.46 bits per heavy atom. The summed E-state index contributed by atoms with van der Waals surface area (Å²) >= 11 is -0.984. The molecule has 0 radical (unpaired) electrons. The SMILES string of the molecule is C1CN[C@H](c2nn[nH]n2)C1.CC(C)(C)OC(=O)N1CCC[C@H]1C#N.CC(C)(C)OC(=O)N1CCC[C@H]1c1nn[nH]n1.C[CH2][Al]([CH2]C)[N]=[N+]=[N-].Cl. The van der Waals surface area contributed by atoms with E-state index in [-0.39, 0.29) is 36.7 Å². The Morgan fingerprint density at radius 1 is 0.920 bits per heavy atom. The average Bonchev–Trinajstić information content (AvgIpc) is 3.87. The highest BCUT2D eigenvalue weighted by atomic mass is 35.5. The molecular formula is C29H53AlClN15O4. The van der Waals surface area contributed by atoms with Crippen molar-refractivity contribution in [2.75, 3.05) is 19.6 Å². The van der Waals surface area contributed by atoms with E-state index < -0.39 is 25.6 Å². The smallest absolute Gasteiger partial charge is 0.411 e. The predicted molar refractivity (Wildman–Crippen MR) is 188 cm³/mol. The Hall–Kier alpha value is -3.74. The molecule has 2 amide bonds. The summed E-state index contributed by atoms with van der Waals surface area (Å²) < 4.78 is 14.2. The highest BCUT2D eigenvalue weighted by Crippen LogP contribution is 2.30. The molecule has 0 spiro atoms. The van der Waals surface area contributed by atoms with Crippen molar-refractivity contribution in [2.24, 2.45) is 4.10 Å². The van der Waals surface area contributed by atoms with Gasteiger partial charge in [-0.15, -0.1) is 32.8 Å². The molecule has 3 atom stereocenters. The van der Waals surface area contributed by atoms with Gasteiger partial charge in [0.1, 0.15) is 17.2 Å². The Labute approximate surface area is 304 Å². The quantitative estimate of drug-likeness (QED) is 0.148. The summed E-state index contributed by atoms with van der Waals surface area (Å²) in [5, 5.41) is 41.7. The van der Waals surface area contributed by atoms with Gasteiger partial charge in [-0.2, -0.15) is 15.7 Å². The molecule has 3 fully saturated rings. The Balaban J connectivity index is 0.000000344. The van der Waals surface area contributed by atoms with Crippen molar-refractivity contribution in [1.29, 1.82) is 5.26 Å². The molecule has 0 unspecified atom stereocenters. The zero-order chi connectivity index (χ0) is 36.5. The lowest BCUT2D eigenvalue weighted by Gasteiger charge is -2.27. The zero-order valence-electron chi connectivity index (χ0n) is 30.5. The van der Waals surface area contributed by atoms with Crippen LogP contribution < -0.4 is 5.32 Å². The first-order chi connectivity index (χ1) is 23.2. The van der Waals surface area contributed by atoms with Crippen LogP contribution in [0.15, 0.2) is 4.10 Å². The van der Waals surface area contributed by atoms with E-state index in [2.05, 4.69) is 75.5 Å². The number of carbonyl (C=O) groups excluding carboxylic acids is 2. The van der Waals surface area contributed by atoms with Crippen LogP contribution in [0.2, 0.25) is 10.6 Å². The Morgan fingerprint density at radius 3 is 1.90 bits per heavy atom. The molecule has 3 N–H and O–H groups in total. The predicted octanol–water partition coefficient (Wildman–Crippen LogP) is 5.56. The molecule has 0 saturated carbocycles. The van der Waals surface area contributed by atoms with Gasteiger partial charge in [-0.3, -0.25) is 9.80 Å². The number of hydrogen-bond donors (Lipinski definition) is 3. The molecule has 0 aliphatic carbocycles. The van der Waals surface area contributed by atoms with Crippen molar-refractivity contribution >= 4 is 39.0 Å². The average molecular weight is 738 g/mol. The standard InChI is InChI=1S/C10H17N5O2.C10H16N2O2.C5H9N5.2C2H5.Al.ClH.N3/c1-10(2,3)17-9(16)15-6-4-5-7(15)8-11-13-14-12-8;1-10(2,3)14-9(13)12-6-4-5-8(12)7-11;1-2-4(6-3-1)5-7-9-10-8-5;2*1-2;;;1-3-2/h7H,4-6H2,1-3H3,(H,11,12,13,14);8H,4-6H2,1-3H3;4,6H,1-3H2,(H,7,8,9,10);2*1H2,2H3;;1H;/q;;;;;+1;;-1/t7-;8-;4-;;;;;/m000...../s1. The van der Waals surface area contributed by atoms with Crippen LogP contribution in [0.25, 0.3) is 10.4 Å². The van der Waals surface area contributed by atoms with E-state index in [1.807, 2.05) is 41.5 Å². The van der Waals surface area contributed by atoms with Gasteiger partial charge in [0.25, 0.3) is 0 Å². The lowest BCUT2D eigenvalue weighted by atomic mass is 10.2. The molecule has 19 nitrogen and oxygen atoms in total. The molecule has 2 aromatic heterocycles. The van der Waals surface area contributed by atoms with Crippen molar-refractivity contribution in [1.82, 2.24) is 56.4 Å². The first-order valence-electron chi connectivity index (χ1n) is 16.9. The minimum Gasteiger partial charge on any atom is -0.444 e. The Bertz CT molecular complexity index is 1330. The molecule has 3 saturated heterocycles. The van der Waals surface area contributed by atoms with E-state index in [0.29, 0.717) is 25.0 Å². The Kier molecular flexibility index (Phi) is 19.6. The summed E-state index contributed by atoms with van der Waals surface area (Å²) in [7, 11) is 0. The number of hydrogen-bond acceptors (Lipinski definition) is 13. The molecule has 0 bridgehead atoms. The van der Waals surface area contributed by atoms with Gasteiger partial charge >= 0.3 is 26.6 Å². The number of H-pyrrole nitrogens is 2. The van der Waals surface area contributed by atoms with E-state index in [1.54, 1.807) is 4.90 Å². The van der Waals surface area contributed by atoms with Crippen molar-refractivity contribution in [2.45, 2.75) is 134 Å². The van der Waals surface area contributed by atoms with E-state index >= 15 is 0 Å². The molecule has 21 heteroatoms. The molecule has 5 heterocycles. The molecular weight excluding hydrogens is 685 g/mol. The van der Waals surface area contributed by atoms with Crippen LogP contribution in [0, 0.1) is 11.3 Å². The summed E-state index contributed by atoms with van der Waals surface area (Å²) in [6.45, 7) is 17.6. The van der Waals surface area contributed by atoms with Crippen molar-refractivity contribution in [3.8, 4) is 6.07 Å². The zero-order valence-corrected chi connectivity index (χ0v) is 32.5. The number of azide groups is 1. The third kappa shape index (κ3) is 15.9. The number of nitrogens with one attached hydrogen (secondary N) is 3. The third-order valence-corrected chi connectivity index (χ3v) is 9.78. The highest BCUT2D eigenvalue weighted by Gasteiger charge is 2.35. The molecule has 3 aliphatic rings. The van der Waals surface area contributed by atoms with Crippen LogP contribution in [0.1, 0.15) is 118 Å². The van der Waals surface area contributed by atoms with Crippen LogP contribution in [-0.4, -0.2) is 114 Å². The summed E-state index contributed by atoms with van der Waals surface area (Å²) in [6.07, 6.45) is 5.06. The first kappa shape index (κ1) is 44.3. The van der Waals surface area contributed by atoms with Crippen LogP contribution in [0.3, 0.4) is 0 Å². The number of carbonyl (C=O) groups is 2. The van der Waals surface area contributed by atoms with Crippen LogP contribution in [0.4, 0.5) is 9.59 Å². The van der Waals surface area contributed by atoms with Crippen molar-refractivity contribution in [3.05, 3.63) is 22.1 Å². The fourth-order valence-electron chi connectivity index (χ4n) is 5.07. The van der Waals surface area contributed by atoms with Gasteiger partial charge < -0.3 is 14.8 Å². The lowest BCUT2D eigenvalue weighted by Crippen LogP contribution is -2.39. The number of nitriles is 1. The van der Waals surface area contributed by atoms with Crippen LogP contribution in [-0.2, 0) is 9.47 Å². The molecule has 2 aromatic rings. The second-order valence-corrected chi connectivity index (χ2v) is 16.8. The maximum atomic E-state index is 12.0. The van der Waals surface area contributed by atoms with Gasteiger partial charge in [-0.05, 0) is 97.1 Å². The largest absolute Gasteiger partial charge is 0.444 e. The van der Waals surface area contributed by atoms with Crippen molar-refractivity contribution < 1.29 is 19.1 Å². The fraction of sp³-hybridized carbons (Fsp3) is 0.828. The van der Waals surface area contributed by atoms with E-state index in [4.69, 9.17) is 20.3 Å². The maximum Gasteiger partial charge on any atom is 0.411 e. The van der Waals surface area contributed by atoms with E-state index in [0.717, 1.165) is 55.0 Å². The lowest BCUT2D eigenvalue weighted by molar-refractivity contribution is 0.0215. The summed E-state index contributed by atoms with van der Waals surface area (Å²) in [6, 6.07) is 2.02. The highest BCUT2D eigenvalue weighted by molar-refractivity contribution is 6.56. The summed E-state index contributed by atoms with van der Waals surface area (Å²) in [5.74, 6) is 1.34. The second-order valence-electron chi connectivity index (χ2n) is 13.7. The fourth-order valence-corrected chi connectivity index (χ4v) is 6.12. The van der Waals surface area contributed by atoms with Gasteiger partial charge in [-0.1, -0.05) is 34.8 Å². The first-order valence-corrected chi connectivity index (χ1v) is 19.0. The minimum atomic E-state index is -0.984. The molecule has 5 rings (SSSR count). The molecule has 50 heavy (non-hydrogen) atoms. The number of aromatic amines is 2. The number of aromatic nitrogens is 8. The third-order valence-electron chi connectivity index (χ3n) is 7.46. The molecule has 278 valence electrons. The van der Waals surface area contributed by atoms with Crippen LogP contribution >= 0.6 is 12.4 Å².